The second-order valence-corrected chi connectivity index (χ2v) is 3.92. The first-order chi connectivity index (χ1) is 5.50. The third-order valence-electron chi connectivity index (χ3n) is 2.78. The highest BCUT2D eigenvalue weighted by atomic mass is 16.6. The van der Waals surface area contributed by atoms with Gasteiger partial charge in [0.2, 0.25) is 0 Å². The number of rotatable bonds is 0. The van der Waals surface area contributed by atoms with Crippen LogP contribution in [-0.4, -0.2) is 34.0 Å². The van der Waals surface area contributed by atoms with Gasteiger partial charge in [-0.05, 0) is 13.3 Å². The molecule has 2 aliphatic rings. The van der Waals surface area contributed by atoms with Crippen LogP contribution in [0.25, 0.3) is 0 Å². The van der Waals surface area contributed by atoms with Gasteiger partial charge in [-0.2, -0.15) is 0 Å². The quantitative estimate of drug-likeness (QED) is 0.480. The maximum Gasteiger partial charge on any atom is 0.306 e. The minimum absolute atomic E-state index is 0.00231. The molecule has 2 N–H and O–H groups in total. The summed E-state index contributed by atoms with van der Waals surface area (Å²) in [6.07, 6.45) is -0.621. The number of esters is 1. The average molecular weight is 172 g/mol. The van der Waals surface area contributed by atoms with Crippen molar-refractivity contribution in [2.75, 3.05) is 0 Å². The number of carbonyl (C=O) groups is 1. The summed E-state index contributed by atoms with van der Waals surface area (Å²) in [7, 11) is 0. The van der Waals surface area contributed by atoms with Gasteiger partial charge in [-0.25, -0.2) is 0 Å². The number of carbonyl (C=O) groups excluding carboxylic acids is 1. The number of ether oxygens (including phenoxy) is 1. The molecule has 0 aromatic carbocycles. The van der Waals surface area contributed by atoms with Crippen molar-refractivity contribution in [1.29, 1.82) is 0 Å². The molecule has 68 valence electrons. The van der Waals surface area contributed by atoms with E-state index in [1.165, 1.54) is 0 Å². The van der Waals surface area contributed by atoms with Gasteiger partial charge in [0.1, 0.15) is 12.2 Å². The van der Waals surface area contributed by atoms with Crippen LogP contribution < -0.4 is 0 Å². The van der Waals surface area contributed by atoms with Gasteiger partial charge < -0.3 is 14.9 Å². The van der Waals surface area contributed by atoms with Gasteiger partial charge >= 0.3 is 5.97 Å². The molecule has 0 amide bonds. The van der Waals surface area contributed by atoms with Crippen LogP contribution in [0.5, 0.6) is 0 Å². The van der Waals surface area contributed by atoms with Gasteiger partial charge in [-0.3, -0.25) is 4.79 Å². The smallest absolute Gasteiger partial charge is 0.306 e. The van der Waals surface area contributed by atoms with E-state index in [4.69, 9.17) is 4.74 Å². The van der Waals surface area contributed by atoms with Crippen molar-refractivity contribution in [3.63, 3.8) is 0 Å². The fraction of sp³-hybridized carbons (Fsp3) is 0.875. The minimum Gasteiger partial charge on any atom is -0.459 e. The molecule has 0 spiro atoms. The highest BCUT2D eigenvalue weighted by molar-refractivity contribution is 5.72. The van der Waals surface area contributed by atoms with Crippen LogP contribution in [0.15, 0.2) is 0 Å². The molecule has 4 atom stereocenters. The lowest BCUT2D eigenvalue weighted by atomic mass is 10.0. The van der Waals surface area contributed by atoms with Crippen LogP contribution in [0.3, 0.4) is 0 Å². The van der Waals surface area contributed by atoms with Crippen molar-refractivity contribution in [2.24, 2.45) is 5.92 Å². The zero-order chi connectivity index (χ0) is 8.93. The Hall–Kier alpha value is -0.610. The topological polar surface area (TPSA) is 66.8 Å². The summed E-state index contributed by atoms with van der Waals surface area (Å²) in [6.45, 7) is 1.57. The molecular formula is C8H12O4. The van der Waals surface area contributed by atoms with E-state index in [0.717, 1.165) is 0 Å². The van der Waals surface area contributed by atoms with Gasteiger partial charge in [-0.15, -0.1) is 0 Å². The Morgan fingerprint density at radius 1 is 1.67 bits per heavy atom. The highest BCUT2D eigenvalue weighted by Gasteiger charge is 2.54. The Kier molecular flexibility index (Phi) is 1.47. The molecule has 12 heavy (non-hydrogen) atoms. The molecule has 0 aromatic heterocycles. The summed E-state index contributed by atoms with van der Waals surface area (Å²) >= 11 is 0. The monoisotopic (exact) mass is 172 g/mol. The molecule has 0 unspecified atom stereocenters. The van der Waals surface area contributed by atoms with Crippen molar-refractivity contribution in [2.45, 2.75) is 37.6 Å². The normalized spacial score (nSPS) is 52.2. The first kappa shape index (κ1) is 8.01. The molecular weight excluding hydrogens is 160 g/mol. The van der Waals surface area contributed by atoms with E-state index in [1.54, 1.807) is 6.92 Å². The lowest BCUT2D eigenvalue weighted by Crippen LogP contribution is -2.40. The molecule has 4 nitrogen and oxygen atoms in total. The standard InChI is InChI=1S/C8H12O4/c1-8(11)3-4-2-5(9)12-6(4)7(8)10/h4,6-7,10-11H,2-3H2,1H3/t4-,6-,7-,8-/m1/s1. The van der Waals surface area contributed by atoms with Gasteiger partial charge in [0.25, 0.3) is 0 Å². The van der Waals surface area contributed by atoms with Crippen LogP contribution in [0, 0.1) is 5.92 Å². The molecule has 0 aromatic rings. The molecule has 2 fully saturated rings. The van der Waals surface area contributed by atoms with E-state index in [0.29, 0.717) is 12.8 Å². The van der Waals surface area contributed by atoms with Crippen molar-refractivity contribution < 1.29 is 19.7 Å². The molecule has 2 rings (SSSR count). The molecule has 0 bridgehead atoms. The lowest BCUT2D eigenvalue weighted by Gasteiger charge is -2.23. The molecule has 1 aliphatic heterocycles. The first-order valence-electron chi connectivity index (χ1n) is 4.10. The Morgan fingerprint density at radius 2 is 2.33 bits per heavy atom. The van der Waals surface area contributed by atoms with Gasteiger partial charge in [0.05, 0.1) is 12.0 Å². The van der Waals surface area contributed by atoms with Crippen molar-refractivity contribution in [3.05, 3.63) is 0 Å². The lowest BCUT2D eigenvalue weighted by molar-refractivity contribution is -0.150. The summed E-state index contributed by atoms with van der Waals surface area (Å²) < 4.78 is 4.88. The fourth-order valence-electron chi connectivity index (χ4n) is 2.14. The number of fused-ring (bicyclic) bond motifs is 1. The molecule has 0 radical (unpaired) electrons. The zero-order valence-corrected chi connectivity index (χ0v) is 6.86. The predicted octanol–water partition coefficient (Wildman–Crippen LogP) is -0.566. The average Bonchev–Trinajstić information content (AvgIpc) is 2.35. The largest absolute Gasteiger partial charge is 0.459 e. The molecule has 1 saturated carbocycles. The number of aliphatic hydroxyl groups is 2. The Morgan fingerprint density at radius 3 is 2.92 bits per heavy atom. The fourth-order valence-corrected chi connectivity index (χ4v) is 2.14. The second kappa shape index (κ2) is 2.20. The van der Waals surface area contributed by atoms with E-state index in [2.05, 4.69) is 0 Å². The van der Waals surface area contributed by atoms with E-state index in [9.17, 15) is 15.0 Å². The van der Waals surface area contributed by atoms with Crippen LogP contribution in [0.2, 0.25) is 0 Å². The Balaban J connectivity index is 2.19. The van der Waals surface area contributed by atoms with E-state index < -0.39 is 17.8 Å². The maximum atomic E-state index is 10.8. The van der Waals surface area contributed by atoms with Gasteiger partial charge in [-0.1, -0.05) is 0 Å². The molecule has 1 aliphatic carbocycles. The summed E-state index contributed by atoms with van der Waals surface area (Å²) in [5.41, 5.74) is -1.09. The van der Waals surface area contributed by atoms with E-state index >= 15 is 0 Å². The van der Waals surface area contributed by atoms with Crippen molar-refractivity contribution in [3.8, 4) is 0 Å². The molecule has 1 heterocycles. The zero-order valence-electron chi connectivity index (χ0n) is 6.86. The van der Waals surface area contributed by atoms with Crippen molar-refractivity contribution in [1.82, 2.24) is 0 Å². The number of aliphatic hydroxyl groups excluding tert-OH is 1. The van der Waals surface area contributed by atoms with E-state index in [1.807, 2.05) is 0 Å². The predicted molar refractivity (Wildman–Crippen MR) is 39.2 cm³/mol. The number of hydrogen-bond acceptors (Lipinski definition) is 4. The molecule has 4 heteroatoms. The van der Waals surface area contributed by atoms with E-state index in [-0.39, 0.29) is 11.9 Å². The van der Waals surface area contributed by atoms with Gasteiger partial charge in [0, 0.05) is 5.92 Å². The summed E-state index contributed by atoms with van der Waals surface area (Å²) in [5.74, 6) is -0.262. The minimum atomic E-state index is -1.09. The number of hydrogen-bond donors (Lipinski definition) is 2. The van der Waals surface area contributed by atoms with Crippen LogP contribution in [-0.2, 0) is 9.53 Å². The van der Waals surface area contributed by atoms with Crippen LogP contribution in [0.4, 0.5) is 0 Å². The maximum absolute atomic E-state index is 10.8. The molecule has 1 saturated heterocycles. The Labute approximate surface area is 70.1 Å². The summed E-state index contributed by atoms with van der Waals surface area (Å²) in [5, 5.41) is 19.1. The summed E-state index contributed by atoms with van der Waals surface area (Å²) in [4.78, 5) is 10.8. The van der Waals surface area contributed by atoms with Gasteiger partial charge in [0.15, 0.2) is 0 Å². The summed E-state index contributed by atoms with van der Waals surface area (Å²) in [6, 6.07) is 0. The third kappa shape index (κ3) is 0.949. The third-order valence-corrected chi connectivity index (χ3v) is 2.78. The highest BCUT2D eigenvalue weighted by Crippen LogP contribution is 2.42. The van der Waals surface area contributed by atoms with Crippen LogP contribution >= 0.6 is 0 Å². The Bertz CT molecular complexity index is 223. The van der Waals surface area contributed by atoms with Crippen molar-refractivity contribution >= 4 is 5.97 Å². The van der Waals surface area contributed by atoms with Crippen LogP contribution in [0.1, 0.15) is 19.8 Å². The SMILES string of the molecule is C[C@@]1(O)C[C@H]2CC(=O)O[C@H]2[C@H]1O. The second-order valence-electron chi connectivity index (χ2n) is 3.92. The first-order valence-corrected chi connectivity index (χ1v) is 4.10.